The average Bonchev–Trinajstić information content (AvgIpc) is 2.70. The molecule has 0 saturated carbocycles. The lowest BCUT2D eigenvalue weighted by Crippen LogP contribution is -2.10. The molecule has 0 spiro atoms. The number of rotatable bonds is 0. The van der Waals surface area contributed by atoms with Crippen molar-refractivity contribution in [3.63, 3.8) is 0 Å². The first-order valence-corrected chi connectivity index (χ1v) is 6.45. The van der Waals surface area contributed by atoms with E-state index in [1.54, 1.807) is 12.1 Å². The molecule has 0 amide bonds. The Balaban J connectivity index is 2.34. The zero-order valence-corrected chi connectivity index (χ0v) is 11.5. The molecule has 3 rings (SSSR count). The molecule has 86 valence electrons. The standard InChI is InChI=1S/C12H7ClINO2/c13-7-4-8(14)12-10(5-7)15-3-1-2-9(15)11(16)6-17-12/h1-5H,6H2. The van der Waals surface area contributed by atoms with Gasteiger partial charge in [0.1, 0.15) is 0 Å². The van der Waals surface area contributed by atoms with Gasteiger partial charge in [0.15, 0.2) is 12.4 Å². The Labute approximate surface area is 116 Å². The van der Waals surface area contributed by atoms with Crippen LogP contribution >= 0.6 is 34.2 Å². The van der Waals surface area contributed by atoms with Crippen molar-refractivity contribution in [2.24, 2.45) is 0 Å². The molecule has 0 unspecified atom stereocenters. The van der Waals surface area contributed by atoms with Crippen molar-refractivity contribution >= 4 is 40.0 Å². The fourth-order valence-electron chi connectivity index (χ4n) is 1.90. The number of aromatic nitrogens is 1. The third kappa shape index (κ3) is 1.75. The largest absolute Gasteiger partial charge is 0.482 e. The second kappa shape index (κ2) is 4.03. The molecule has 2 heterocycles. The van der Waals surface area contributed by atoms with E-state index in [9.17, 15) is 4.79 Å². The number of nitrogens with zero attached hydrogens (tertiary/aromatic N) is 1. The van der Waals surface area contributed by atoms with Gasteiger partial charge in [-0.05, 0) is 46.9 Å². The van der Waals surface area contributed by atoms with Crippen molar-refractivity contribution < 1.29 is 9.53 Å². The number of hydrogen-bond acceptors (Lipinski definition) is 2. The lowest BCUT2D eigenvalue weighted by molar-refractivity contribution is 0.0921. The second-order valence-corrected chi connectivity index (χ2v) is 5.31. The molecule has 0 fully saturated rings. The normalized spacial score (nSPS) is 13.6. The minimum absolute atomic E-state index is 0.0295. The van der Waals surface area contributed by atoms with Gasteiger partial charge in [-0.1, -0.05) is 11.6 Å². The van der Waals surface area contributed by atoms with Crippen LogP contribution in [-0.2, 0) is 0 Å². The number of ketones is 1. The molecule has 3 nitrogen and oxygen atoms in total. The first-order valence-electron chi connectivity index (χ1n) is 4.99. The van der Waals surface area contributed by atoms with Crippen molar-refractivity contribution in [3.05, 3.63) is 44.7 Å². The summed E-state index contributed by atoms with van der Waals surface area (Å²) in [6, 6.07) is 7.26. The Morgan fingerprint density at radius 3 is 3.06 bits per heavy atom. The van der Waals surface area contributed by atoms with Gasteiger partial charge < -0.3 is 9.30 Å². The van der Waals surface area contributed by atoms with Crippen molar-refractivity contribution in [1.82, 2.24) is 4.57 Å². The lowest BCUT2D eigenvalue weighted by Gasteiger charge is -2.11. The lowest BCUT2D eigenvalue weighted by atomic mass is 10.2. The summed E-state index contributed by atoms with van der Waals surface area (Å²) in [5.41, 5.74) is 1.44. The van der Waals surface area contributed by atoms with E-state index in [0.29, 0.717) is 16.5 Å². The van der Waals surface area contributed by atoms with Crippen LogP contribution in [0.15, 0.2) is 30.5 Å². The highest BCUT2D eigenvalue weighted by atomic mass is 127. The molecule has 0 saturated heterocycles. The Morgan fingerprint density at radius 2 is 2.24 bits per heavy atom. The van der Waals surface area contributed by atoms with Crippen LogP contribution in [0.25, 0.3) is 5.69 Å². The highest BCUT2D eigenvalue weighted by Gasteiger charge is 2.22. The van der Waals surface area contributed by atoms with Crippen LogP contribution in [0.3, 0.4) is 0 Å². The molecular weight excluding hydrogens is 352 g/mol. The Bertz CT molecular complexity index is 621. The number of benzene rings is 1. The van der Waals surface area contributed by atoms with E-state index >= 15 is 0 Å². The number of carbonyl (C=O) groups is 1. The second-order valence-electron chi connectivity index (χ2n) is 3.71. The van der Waals surface area contributed by atoms with Gasteiger partial charge >= 0.3 is 0 Å². The van der Waals surface area contributed by atoms with Gasteiger partial charge in [0.2, 0.25) is 5.78 Å². The minimum Gasteiger partial charge on any atom is -0.482 e. The molecule has 0 aliphatic carbocycles. The van der Waals surface area contributed by atoms with Gasteiger partial charge in [-0.3, -0.25) is 4.79 Å². The predicted molar refractivity (Wildman–Crippen MR) is 73.3 cm³/mol. The zero-order valence-electron chi connectivity index (χ0n) is 8.61. The van der Waals surface area contributed by atoms with Gasteiger partial charge in [0.05, 0.1) is 15.0 Å². The van der Waals surface area contributed by atoms with Crippen molar-refractivity contribution in [2.45, 2.75) is 0 Å². The van der Waals surface area contributed by atoms with Gasteiger partial charge in [-0.25, -0.2) is 0 Å². The predicted octanol–water partition coefficient (Wildman–Crippen LogP) is 3.31. The van der Waals surface area contributed by atoms with Gasteiger partial charge in [0.25, 0.3) is 0 Å². The van der Waals surface area contributed by atoms with Gasteiger partial charge in [-0.15, -0.1) is 0 Å². The first-order chi connectivity index (χ1) is 8.16. The molecule has 0 radical (unpaired) electrons. The van der Waals surface area contributed by atoms with Crippen molar-refractivity contribution in [2.75, 3.05) is 6.61 Å². The van der Waals surface area contributed by atoms with E-state index in [1.165, 1.54) is 0 Å². The SMILES string of the molecule is O=C1COc2c(I)cc(Cl)cc2-n2cccc21. The quantitative estimate of drug-likeness (QED) is 0.676. The zero-order chi connectivity index (χ0) is 12.0. The molecule has 1 aliphatic rings. The maximum Gasteiger partial charge on any atom is 0.216 e. The van der Waals surface area contributed by atoms with Crippen LogP contribution < -0.4 is 4.74 Å². The van der Waals surface area contributed by atoms with E-state index < -0.39 is 0 Å². The van der Waals surface area contributed by atoms with Crippen LogP contribution in [0.5, 0.6) is 5.75 Å². The third-order valence-electron chi connectivity index (χ3n) is 2.63. The summed E-state index contributed by atoms with van der Waals surface area (Å²) in [7, 11) is 0. The third-order valence-corrected chi connectivity index (χ3v) is 3.65. The van der Waals surface area contributed by atoms with Gasteiger partial charge in [-0.2, -0.15) is 0 Å². The number of halogens is 2. The number of ether oxygens (including phenoxy) is 1. The molecule has 1 aromatic carbocycles. The molecule has 1 aromatic heterocycles. The first kappa shape index (κ1) is 11.1. The fourth-order valence-corrected chi connectivity index (χ4v) is 3.06. The van der Waals surface area contributed by atoms with E-state index in [2.05, 4.69) is 22.6 Å². The summed E-state index contributed by atoms with van der Waals surface area (Å²) >= 11 is 8.20. The molecule has 0 atom stereocenters. The molecule has 0 bridgehead atoms. The number of carbonyl (C=O) groups excluding carboxylic acids is 1. The van der Waals surface area contributed by atoms with Gasteiger partial charge in [0, 0.05) is 11.2 Å². The topological polar surface area (TPSA) is 31.2 Å². The smallest absolute Gasteiger partial charge is 0.216 e. The summed E-state index contributed by atoms with van der Waals surface area (Å²) in [5, 5.41) is 0.630. The van der Waals surface area contributed by atoms with Crippen LogP contribution in [0.2, 0.25) is 5.02 Å². The van der Waals surface area contributed by atoms with E-state index in [-0.39, 0.29) is 12.4 Å². The summed E-state index contributed by atoms with van der Waals surface area (Å²) in [5.74, 6) is 0.677. The minimum atomic E-state index is -0.0295. The maximum absolute atomic E-state index is 11.9. The number of Topliss-reactive ketones (excluding diaryl/α,β-unsaturated/α-hetero) is 1. The number of fused-ring (bicyclic) bond motifs is 3. The van der Waals surface area contributed by atoms with Crippen molar-refractivity contribution in [3.8, 4) is 11.4 Å². The molecule has 17 heavy (non-hydrogen) atoms. The fraction of sp³-hybridized carbons (Fsp3) is 0.0833. The summed E-state index contributed by atoms with van der Waals surface area (Å²) in [6.45, 7) is 0.0641. The Morgan fingerprint density at radius 1 is 1.41 bits per heavy atom. The van der Waals surface area contributed by atoms with Crippen LogP contribution in [0, 0.1) is 3.57 Å². The summed E-state index contributed by atoms with van der Waals surface area (Å²) < 4.78 is 8.27. The Kier molecular flexibility index (Phi) is 2.63. The van der Waals surface area contributed by atoms with Crippen molar-refractivity contribution in [1.29, 1.82) is 0 Å². The van der Waals surface area contributed by atoms with E-state index in [1.807, 2.05) is 22.9 Å². The maximum atomic E-state index is 11.9. The van der Waals surface area contributed by atoms with Crippen LogP contribution in [-0.4, -0.2) is 17.0 Å². The average molecular weight is 360 g/mol. The molecular formula is C12H7ClINO2. The van der Waals surface area contributed by atoms with Crippen LogP contribution in [0.4, 0.5) is 0 Å². The Hall–Kier alpha value is -1.01. The number of hydrogen-bond donors (Lipinski definition) is 0. The monoisotopic (exact) mass is 359 g/mol. The van der Waals surface area contributed by atoms with E-state index in [0.717, 1.165) is 9.26 Å². The molecule has 0 N–H and O–H groups in total. The summed E-state index contributed by atoms with van der Waals surface area (Å²) in [4.78, 5) is 11.9. The summed E-state index contributed by atoms with van der Waals surface area (Å²) in [6.07, 6.45) is 1.84. The molecule has 2 aromatic rings. The molecule has 1 aliphatic heterocycles. The van der Waals surface area contributed by atoms with Crippen LogP contribution in [0.1, 0.15) is 10.5 Å². The molecule has 5 heteroatoms. The highest BCUT2D eigenvalue weighted by molar-refractivity contribution is 14.1. The highest BCUT2D eigenvalue weighted by Crippen LogP contribution is 2.35. The van der Waals surface area contributed by atoms with E-state index in [4.69, 9.17) is 16.3 Å².